The highest BCUT2D eigenvalue weighted by molar-refractivity contribution is 8.26. The van der Waals surface area contributed by atoms with Crippen LogP contribution in [0.25, 0.3) is 6.08 Å². The second-order valence-electron chi connectivity index (χ2n) is 3.73. The van der Waals surface area contributed by atoms with Gasteiger partial charge in [0.05, 0.1) is 4.91 Å². The van der Waals surface area contributed by atoms with E-state index >= 15 is 0 Å². The molecule has 0 aromatic carbocycles. The van der Waals surface area contributed by atoms with Crippen molar-refractivity contribution in [2.24, 2.45) is 7.05 Å². The normalized spacial score (nSPS) is 17.7. The Kier molecular flexibility index (Phi) is 3.53. The van der Waals surface area contributed by atoms with E-state index in [4.69, 9.17) is 12.2 Å². The van der Waals surface area contributed by atoms with Crippen molar-refractivity contribution >= 4 is 46.2 Å². The van der Waals surface area contributed by atoms with Crippen LogP contribution in [0.5, 0.6) is 0 Å². The van der Waals surface area contributed by atoms with Gasteiger partial charge < -0.3 is 4.57 Å². The van der Waals surface area contributed by atoms with Gasteiger partial charge in [-0.3, -0.25) is 15.0 Å². The molecular formula is C11H11N3O2S2. The van der Waals surface area contributed by atoms with E-state index in [1.54, 1.807) is 6.08 Å². The molecule has 18 heavy (non-hydrogen) atoms. The average molecular weight is 281 g/mol. The van der Waals surface area contributed by atoms with Crippen LogP contribution >= 0.6 is 24.0 Å². The van der Waals surface area contributed by atoms with Crippen LogP contribution in [0.4, 0.5) is 0 Å². The maximum Gasteiger partial charge on any atom is 0.285 e. The van der Waals surface area contributed by atoms with Crippen LogP contribution in [0.1, 0.15) is 12.6 Å². The van der Waals surface area contributed by atoms with E-state index in [0.29, 0.717) is 9.23 Å². The van der Waals surface area contributed by atoms with Gasteiger partial charge in [0.1, 0.15) is 0 Å². The zero-order valence-corrected chi connectivity index (χ0v) is 11.5. The number of nitrogens with zero attached hydrogens (tertiary/aromatic N) is 2. The minimum atomic E-state index is -0.327. The van der Waals surface area contributed by atoms with Gasteiger partial charge in [-0.15, -0.1) is 0 Å². The zero-order chi connectivity index (χ0) is 13.3. The summed E-state index contributed by atoms with van der Waals surface area (Å²) in [4.78, 5) is 23.5. The van der Waals surface area contributed by atoms with Crippen molar-refractivity contribution in [1.82, 2.24) is 15.0 Å². The van der Waals surface area contributed by atoms with E-state index in [1.807, 2.05) is 29.9 Å². The Bertz CT molecular complexity index is 562. The number of aryl methyl sites for hydroxylation is 1. The molecule has 0 aliphatic carbocycles. The Morgan fingerprint density at radius 3 is 2.83 bits per heavy atom. The van der Waals surface area contributed by atoms with Gasteiger partial charge in [-0.25, -0.2) is 0 Å². The lowest BCUT2D eigenvalue weighted by molar-refractivity contribution is -0.131. The quantitative estimate of drug-likeness (QED) is 0.655. The summed E-state index contributed by atoms with van der Waals surface area (Å²) in [5, 5.41) is 1.09. The molecule has 2 rings (SSSR count). The molecule has 0 atom stereocenters. The van der Waals surface area contributed by atoms with E-state index in [0.717, 1.165) is 10.7 Å². The largest absolute Gasteiger partial charge is 0.351 e. The molecule has 1 aromatic heterocycles. The number of hydrogen-bond acceptors (Lipinski definition) is 4. The smallest absolute Gasteiger partial charge is 0.285 e. The molecule has 94 valence electrons. The summed E-state index contributed by atoms with van der Waals surface area (Å²) in [7, 11) is 1.89. The highest BCUT2D eigenvalue weighted by atomic mass is 32.2. The fraction of sp³-hybridized carbons (Fsp3) is 0.182. The van der Waals surface area contributed by atoms with Crippen molar-refractivity contribution < 1.29 is 9.59 Å². The molecule has 0 saturated carbocycles. The fourth-order valence-corrected chi connectivity index (χ4v) is 2.64. The first-order valence-corrected chi connectivity index (χ1v) is 6.38. The maximum atomic E-state index is 12.0. The number of thiocarbonyl (C=S) groups is 1. The van der Waals surface area contributed by atoms with Gasteiger partial charge in [0, 0.05) is 25.9 Å². The third kappa shape index (κ3) is 2.46. The first-order chi connectivity index (χ1) is 8.49. The van der Waals surface area contributed by atoms with Crippen LogP contribution in [-0.4, -0.2) is 25.7 Å². The number of nitrogens with one attached hydrogen (secondary N) is 1. The highest BCUT2D eigenvalue weighted by Gasteiger charge is 2.33. The van der Waals surface area contributed by atoms with Crippen molar-refractivity contribution in [1.29, 1.82) is 0 Å². The predicted octanol–water partition coefficient (Wildman–Crippen LogP) is 1.28. The molecule has 1 aromatic rings. The minimum absolute atomic E-state index is 0.304. The lowest BCUT2D eigenvalue weighted by Crippen LogP contribution is -2.43. The summed E-state index contributed by atoms with van der Waals surface area (Å²) in [6.07, 6.45) is 3.64. The van der Waals surface area contributed by atoms with Gasteiger partial charge in [0.15, 0.2) is 4.32 Å². The number of hydrogen-bond donors (Lipinski definition) is 1. The second-order valence-corrected chi connectivity index (χ2v) is 5.40. The van der Waals surface area contributed by atoms with E-state index in [2.05, 4.69) is 5.43 Å². The Hall–Kier alpha value is -1.60. The van der Waals surface area contributed by atoms with Crippen LogP contribution in [0, 0.1) is 0 Å². The maximum absolute atomic E-state index is 12.0. The molecule has 0 spiro atoms. The Labute approximate surface area is 114 Å². The van der Waals surface area contributed by atoms with Crippen LogP contribution in [0.2, 0.25) is 0 Å². The van der Waals surface area contributed by atoms with Gasteiger partial charge >= 0.3 is 0 Å². The number of thioether (sulfide) groups is 1. The number of amides is 2. The third-order valence-electron chi connectivity index (χ3n) is 2.33. The molecular weight excluding hydrogens is 270 g/mol. The predicted molar refractivity (Wildman–Crippen MR) is 74.2 cm³/mol. The molecule has 2 heterocycles. The van der Waals surface area contributed by atoms with E-state index in [1.165, 1.54) is 18.7 Å². The van der Waals surface area contributed by atoms with Crippen LogP contribution < -0.4 is 5.43 Å². The van der Waals surface area contributed by atoms with Gasteiger partial charge in [0.2, 0.25) is 5.91 Å². The molecule has 0 unspecified atom stereocenters. The second kappa shape index (κ2) is 4.95. The number of rotatable bonds is 2. The zero-order valence-electron chi connectivity index (χ0n) is 9.84. The summed E-state index contributed by atoms with van der Waals surface area (Å²) in [6, 6.07) is 3.78. The van der Waals surface area contributed by atoms with Gasteiger partial charge in [-0.2, -0.15) is 5.01 Å². The molecule has 1 aliphatic heterocycles. The van der Waals surface area contributed by atoms with Gasteiger partial charge in [-0.1, -0.05) is 11.8 Å². The summed E-state index contributed by atoms with van der Waals surface area (Å²) in [5.41, 5.74) is 3.30. The summed E-state index contributed by atoms with van der Waals surface area (Å²) < 4.78 is 2.22. The monoisotopic (exact) mass is 281 g/mol. The number of carbonyl (C=O) groups is 2. The first kappa shape index (κ1) is 12.8. The van der Waals surface area contributed by atoms with Crippen molar-refractivity contribution in [2.75, 3.05) is 0 Å². The summed E-state index contributed by atoms with van der Waals surface area (Å²) in [5.74, 6) is -0.632. The average Bonchev–Trinajstić information content (AvgIpc) is 2.79. The van der Waals surface area contributed by atoms with Gasteiger partial charge in [0.25, 0.3) is 5.91 Å². The van der Waals surface area contributed by atoms with Crippen molar-refractivity contribution in [3.63, 3.8) is 0 Å². The summed E-state index contributed by atoms with van der Waals surface area (Å²) >= 11 is 6.22. The topological polar surface area (TPSA) is 54.3 Å². The van der Waals surface area contributed by atoms with E-state index in [9.17, 15) is 9.59 Å². The number of carbonyl (C=O) groups excluding carboxylic acids is 2. The number of hydrazine groups is 1. The molecule has 1 N–H and O–H groups in total. The van der Waals surface area contributed by atoms with Crippen LogP contribution in [0.3, 0.4) is 0 Å². The molecule has 5 nitrogen and oxygen atoms in total. The first-order valence-electron chi connectivity index (χ1n) is 5.15. The van der Waals surface area contributed by atoms with Crippen molar-refractivity contribution in [3.05, 3.63) is 28.9 Å². The standard InChI is InChI=1S/C11H11N3O2S2/c1-7(15)12-14-10(16)9(18-11(14)17)6-8-4-3-5-13(8)2/h3-6H,1-2H3,(H,12,15)/b9-6-. The molecule has 0 bridgehead atoms. The Balaban J connectivity index is 2.25. The van der Waals surface area contributed by atoms with Crippen molar-refractivity contribution in [2.45, 2.75) is 6.92 Å². The number of aromatic nitrogens is 1. The molecule has 1 saturated heterocycles. The third-order valence-corrected chi connectivity index (χ3v) is 3.63. The molecule has 1 fully saturated rings. The van der Waals surface area contributed by atoms with E-state index < -0.39 is 0 Å². The lowest BCUT2D eigenvalue weighted by Gasteiger charge is -2.13. The van der Waals surface area contributed by atoms with E-state index in [-0.39, 0.29) is 11.8 Å². The molecule has 0 radical (unpaired) electrons. The van der Waals surface area contributed by atoms with Crippen LogP contribution in [0.15, 0.2) is 23.2 Å². The van der Waals surface area contributed by atoms with Crippen molar-refractivity contribution in [3.8, 4) is 0 Å². The minimum Gasteiger partial charge on any atom is -0.351 e. The summed E-state index contributed by atoms with van der Waals surface area (Å²) in [6.45, 7) is 1.33. The molecule has 1 aliphatic rings. The van der Waals surface area contributed by atoms with Crippen LogP contribution in [-0.2, 0) is 16.6 Å². The van der Waals surface area contributed by atoms with Gasteiger partial charge in [-0.05, 0) is 30.4 Å². The Morgan fingerprint density at radius 2 is 2.28 bits per heavy atom. The Morgan fingerprint density at radius 1 is 1.56 bits per heavy atom. The SMILES string of the molecule is CC(=O)NN1C(=O)/C(=C/c2cccn2C)SC1=S. The lowest BCUT2D eigenvalue weighted by atomic mass is 10.3. The fourth-order valence-electron chi connectivity index (χ4n) is 1.48. The molecule has 7 heteroatoms. The molecule has 2 amide bonds. The highest BCUT2D eigenvalue weighted by Crippen LogP contribution is 2.31.